The van der Waals surface area contributed by atoms with Gasteiger partial charge in [0.25, 0.3) is 5.91 Å². The van der Waals surface area contributed by atoms with Crippen molar-refractivity contribution in [1.82, 2.24) is 10.4 Å². The lowest BCUT2D eigenvalue weighted by Gasteiger charge is -2.11. The topological polar surface area (TPSA) is 92.8 Å². The maximum atomic E-state index is 13.3. The predicted octanol–water partition coefficient (Wildman–Crippen LogP) is 8.94. The minimum Gasteiger partial charge on any atom is -0.490 e. The standard InChI is InChI=1S/C31H21BrCl3N3O4/c1-2-41-26-13-17(7-12-25(26)42-31(40)18-8-10-19(32)11-9-18)16-36-38-30(39)29-27(21-5-3-4-6-23(21)34)22-14-20(33)15-24(35)28(22)37-29/h3-16,37H,2H2,1H3,(H,38,39). The van der Waals surface area contributed by atoms with Gasteiger partial charge in [-0.2, -0.15) is 5.10 Å². The Morgan fingerprint density at radius 2 is 1.71 bits per heavy atom. The van der Waals surface area contributed by atoms with Gasteiger partial charge in [0.15, 0.2) is 11.5 Å². The van der Waals surface area contributed by atoms with Crippen LogP contribution in [0.4, 0.5) is 0 Å². The Morgan fingerprint density at radius 3 is 2.45 bits per heavy atom. The van der Waals surface area contributed by atoms with Gasteiger partial charge in [-0.15, -0.1) is 0 Å². The lowest BCUT2D eigenvalue weighted by atomic mass is 10.0. The van der Waals surface area contributed by atoms with Gasteiger partial charge < -0.3 is 14.5 Å². The molecule has 11 heteroatoms. The average molecular weight is 686 g/mol. The van der Waals surface area contributed by atoms with Crippen LogP contribution in [-0.4, -0.2) is 29.7 Å². The Hall–Kier alpha value is -3.82. The first-order valence-electron chi connectivity index (χ1n) is 12.6. The fourth-order valence-corrected chi connectivity index (χ4v) is 5.29. The first-order chi connectivity index (χ1) is 20.2. The van der Waals surface area contributed by atoms with Crippen LogP contribution in [0.25, 0.3) is 22.0 Å². The van der Waals surface area contributed by atoms with Gasteiger partial charge in [0.1, 0.15) is 5.69 Å². The number of esters is 1. The highest BCUT2D eigenvalue weighted by atomic mass is 79.9. The largest absolute Gasteiger partial charge is 0.490 e. The van der Waals surface area contributed by atoms with Crippen LogP contribution in [0, 0.1) is 0 Å². The fourth-order valence-electron chi connectivity index (χ4n) is 4.26. The Kier molecular flexibility index (Phi) is 9.18. The number of hydrogen-bond donors (Lipinski definition) is 2. The second-order valence-electron chi connectivity index (χ2n) is 8.90. The van der Waals surface area contributed by atoms with Crippen molar-refractivity contribution in [1.29, 1.82) is 0 Å². The highest BCUT2D eigenvalue weighted by Gasteiger charge is 2.22. The molecule has 42 heavy (non-hydrogen) atoms. The summed E-state index contributed by atoms with van der Waals surface area (Å²) in [5, 5.41) is 6.00. The summed E-state index contributed by atoms with van der Waals surface area (Å²) < 4.78 is 12.1. The van der Waals surface area contributed by atoms with E-state index in [2.05, 4.69) is 31.4 Å². The normalized spacial score (nSPS) is 11.2. The van der Waals surface area contributed by atoms with E-state index < -0.39 is 11.9 Å². The van der Waals surface area contributed by atoms with E-state index in [1.54, 1.807) is 72.8 Å². The summed E-state index contributed by atoms with van der Waals surface area (Å²) in [4.78, 5) is 29.1. The highest BCUT2D eigenvalue weighted by Crippen LogP contribution is 2.40. The smallest absolute Gasteiger partial charge is 0.343 e. The van der Waals surface area contributed by atoms with E-state index in [1.807, 2.05) is 13.0 Å². The summed E-state index contributed by atoms with van der Waals surface area (Å²) in [6.45, 7) is 2.16. The number of fused-ring (bicyclic) bond motifs is 1. The number of benzene rings is 4. The summed E-state index contributed by atoms with van der Waals surface area (Å²) in [5.41, 5.74) is 5.47. The molecule has 0 bridgehead atoms. The van der Waals surface area contributed by atoms with Crippen LogP contribution in [0.3, 0.4) is 0 Å². The Labute approximate surface area is 264 Å². The Balaban J connectivity index is 1.39. The van der Waals surface area contributed by atoms with Crippen LogP contribution in [0.5, 0.6) is 11.5 Å². The summed E-state index contributed by atoms with van der Waals surface area (Å²) in [6, 6.07) is 22.2. The molecule has 0 radical (unpaired) electrons. The maximum Gasteiger partial charge on any atom is 0.343 e. The molecule has 7 nitrogen and oxygen atoms in total. The van der Waals surface area contributed by atoms with E-state index in [4.69, 9.17) is 44.3 Å². The summed E-state index contributed by atoms with van der Waals surface area (Å²) >= 11 is 22.6. The van der Waals surface area contributed by atoms with E-state index >= 15 is 0 Å². The minimum absolute atomic E-state index is 0.213. The molecular formula is C31H21BrCl3N3O4. The number of aromatic nitrogens is 1. The Morgan fingerprint density at radius 1 is 0.952 bits per heavy atom. The van der Waals surface area contributed by atoms with E-state index in [0.717, 1.165) is 4.47 Å². The van der Waals surface area contributed by atoms with Crippen LogP contribution < -0.4 is 14.9 Å². The zero-order valence-corrected chi connectivity index (χ0v) is 25.7. The molecule has 1 heterocycles. The van der Waals surface area contributed by atoms with Crippen molar-refractivity contribution >= 4 is 79.7 Å². The van der Waals surface area contributed by atoms with Gasteiger partial charge in [0.2, 0.25) is 0 Å². The van der Waals surface area contributed by atoms with Crippen molar-refractivity contribution in [2.45, 2.75) is 6.92 Å². The number of halogens is 4. The number of hydrogen-bond acceptors (Lipinski definition) is 5. The summed E-state index contributed by atoms with van der Waals surface area (Å²) in [6.07, 6.45) is 1.45. The average Bonchev–Trinajstić information content (AvgIpc) is 3.34. The number of amides is 1. The number of H-pyrrole nitrogens is 1. The highest BCUT2D eigenvalue weighted by molar-refractivity contribution is 9.10. The van der Waals surface area contributed by atoms with Gasteiger partial charge in [-0.25, -0.2) is 10.2 Å². The summed E-state index contributed by atoms with van der Waals surface area (Å²) in [7, 11) is 0. The molecule has 0 aliphatic carbocycles. The molecule has 0 saturated carbocycles. The minimum atomic E-state index is -0.522. The van der Waals surface area contributed by atoms with Gasteiger partial charge in [0, 0.05) is 31.0 Å². The molecule has 0 saturated heterocycles. The zero-order chi connectivity index (χ0) is 29.8. The lowest BCUT2D eigenvalue weighted by Crippen LogP contribution is -2.19. The molecule has 4 aromatic carbocycles. The number of carbonyl (C=O) groups excluding carboxylic acids is 2. The molecule has 212 valence electrons. The summed E-state index contributed by atoms with van der Waals surface area (Å²) in [5.74, 6) is -0.439. The van der Waals surface area contributed by atoms with E-state index in [1.165, 1.54) is 6.21 Å². The lowest BCUT2D eigenvalue weighted by molar-refractivity contribution is 0.0728. The molecule has 1 amide bonds. The van der Waals surface area contributed by atoms with Gasteiger partial charge in [-0.1, -0.05) is 68.9 Å². The molecular weight excluding hydrogens is 665 g/mol. The van der Waals surface area contributed by atoms with Crippen molar-refractivity contribution in [2.24, 2.45) is 5.10 Å². The molecule has 0 aliphatic rings. The molecule has 0 atom stereocenters. The first-order valence-corrected chi connectivity index (χ1v) is 14.5. The molecule has 0 fully saturated rings. The van der Waals surface area contributed by atoms with Gasteiger partial charge >= 0.3 is 5.97 Å². The molecule has 5 rings (SSSR count). The predicted molar refractivity (Wildman–Crippen MR) is 171 cm³/mol. The van der Waals surface area contributed by atoms with Crippen LogP contribution in [-0.2, 0) is 0 Å². The fraction of sp³-hybridized carbons (Fsp3) is 0.0645. The number of rotatable bonds is 8. The van der Waals surface area contributed by atoms with Crippen LogP contribution in [0.2, 0.25) is 15.1 Å². The molecule has 0 unspecified atom stereocenters. The maximum absolute atomic E-state index is 13.3. The van der Waals surface area contributed by atoms with Crippen LogP contribution >= 0.6 is 50.7 Å². The molecule has 2 N–H and O–H groups in total. The van der Waals surface area contributed by atoms with Gasteiger partial charge in [0.05, 0.1) is 28.9 Å². The number of nitrogens with zero attached hydrogens (tertiary/aromatic N) is 1. The third kappa shape index (κ3) is 6.47. The zero-order valence-electron chi connectivity index (χ0n) is 21.9. The number of ether oxygens (including phenoxy) is 2. The van der Waals surface area contributed by atoms with E-state index in [-0.39, 0.29) is 11.4 Å². The molecule has 0 aliphatic heterocycles. The number of hydrazone groups is 1. The molecule has 0 spiro atoms. The van der Waals surface area contributed by atoms with Crippen molar-refractivity contribution in [3.8, 4) is 22.6 Å². The van der Waals surface area contributed by atoms with Crippen molar-refractivity contribution in [3.05, 3.63) is 115 Å². The SMILES string of the molecule is CCOc1cc(C=NNC(=O)c2[nH]c3c(Cl)cc(Cl)cc3c2-c2ccccc2Cl)ccc1OC(=O)c1ccc(Br)cc1. The third-order valence-corrected chi connectivity index (χ3v) is 7.50. The van der Waals surface area contributed by atoms with Gasteiger partial charge in [-0.05, 0) is 73.2 Å². The molecule has 1 aromatic heterocycles. The van der Waals surface area contributed by atoms with Crippen LogP contribution in [0.1, 0.15) is 33.3 Å². The first kappa shape index (κ1) is 29.7. The van der Waals surface area contributed by atoms with Crippen LogP contribution in [0.15, 0.2) is 88.4 Å². The number of nitrogens with one attached hydrogen (secondary N) is 2. The van der Waals surface area contributed by atoms with E-state index in [0.29, 0.717) is 60.6 Å². The number of carbonyl (C=O) groups is 2. The number of aromatic amines is 1. The molecule has 5 aromatic rings. The van der Waals surface area contributed by atoms with Crippen molar-refractivity contribution < 1.29 is 19.1 Å². The van der Waals surface area contributed by atoms with Gasteiger partial charge in [-0.3, -0.25) is 4.79 Å². The van der Waals surface area contributed by atoms with Crippen molar-refractivity contribution in [2.75, 3.05) is 6.61 Å². The Bertz CT molecular complexity index is 1840. The third-order valence-electron chi connectivity index (χ3n) is 6.12. The second kappa shape index (κ2) is 13.0. The quantitative estimate of drug-likeness (QED) is 0.0739. The monoisotopic (exact) mass is 683 g/mol. The van der Waals surface area contributed by atoms with Crippen molar-refractivity contribution in [3.63, 3.8) is 0 Å². The second-order valence-corrected chi connectivity index (χ2v) is 11.1. The van der Waals surface area contributed by atoms with E-state index in [9.17, 15) is 9.59 Å².